The van der Waals surface area contributed by atoms with Crippen LogP contribution in [-0.2, 0) is 35.6 Å². The van der Waals surface area contributed by atoms with Gasteiger partial charge in [-0.25, -0.2) is 9.59 Å². The number of likely N-dealkylation sites (tertiary alicyclic amines) is 1. The van der Waals surface area contributed by atoms with E-state index in [2.05, 4.69) is 10.2 Å². The van der Waals surface area contributed by atoms with Gasteiger partial charge in [-0.05, 0) is 70.8 Å². The lowest BCUT2D eigenvalue weighted by Crippen LogP contribution is -2.74. The summed E-state index contributed by atoms with van der Waals surface area (Å²) < 4.78 is 28.7. The first-order valence-electron chi connectivity index (χ1n) is 14.6. The van der Waals surface area contributed by atoms with Crippen molar-refractivity contribution in [1.82, 2.24) is 10.2 Å². The Morgan fingerprint density at radius 2 is 1.98 bits per heavy atom. The monoisotopic (exact) mass is 586 g/mol. The van der Waals surface area contributed by atoms with Gasteiger partial charge in [0.25, 0.3) is 0 Å². The summed E-state index contributed by atoms with van der Waals surface area (Å²) in [6.07, 6.45) is 1.12. The molecule has 1 spiro atoms. The Balaban J connectivity index is 1.41. The van der Waals surface area contributed by atoms with E-state index in [9.17, 15) is 19.5 Å². The van der Waals surface area contributed by atoms with Gasteiger partial charge in [0.2, 0.25) is 0 Å². The molecule has 1 fully saturated rings. The second kappa shape index (κ2) is 10.8. The highest BCUT2D eigenvalue weighted by molar-refractivity contribution is 5.86. The standard InChI is InChI=1S/C31H42N2O9/c1-17(2)16-39-27(35)19(32-28(36)42-29(3,4)5)15-23(34)40-21-10-11-31(37)22-14-18-8-9-20(38-7)25-24(18)30(31,26(21)41-25)12-13-33(22)6/h8-10,17,19,22,26,37H,11-16H2,1-7H3,(H,32,36)/t19-,22+,26-,30-,31+/m0/s1. The Bertz CT molecular complexity index is 1300. The molecule has 2 aliphatic heterocycles. The molecule has 5 atom stereocenters. The van der Waals surface area contributed by atoms with E-state index < -0.39 is 53.2 Å². The van der Waals surface area contributed by atoms with Crippen LogP contribution in [0, 0.1) is 5.92 Å². The molecule has 2 aliphatic carbocycles. The van der Waals surface area contributed by atoms with Crippen LogP contribution in [-0.4, -0.2) is 84.7 Å². The number of nitrogens with zero attached hydrogens (tertiary/aromatic N) is 1. The zero-order valence-electron chi connectivity index (χ0n) is 25.4. The van der Waals surface area contributed by atoms with Gasteiger partial charge in [0.15, 0.2) is 17.6 Å². The highest BCUT2D eigenvalue weighted by Crippen LogP contribution is 2.65. The first kappa shape index (κ1) is 30.2. The van der Waals surface area contributed by atoms with Gasteiger partial charge in [-0.1, -0.05) is 19.9 Å². The third kappa shape index (κ3) is 5.00. The molecule has 2 N–H and O–H groups in total. The Morgan fingerprint density at radius 3 is 2.64 bits per heavy atom. The van der Waals surface area contributed by atoms with Gasteiger partial charge >= 0.3 is 18.0 Å². The quantitative estimate of drug-likeness (QED) is 0.346. The number of nitrogens with one attached hydrogen (secondary N) is 1. The maximum Gasteiger partial charge on any atom is 0.408 e. The lowest BCUT2D eigenvalue weighted by molar-refractivity contribution is -0.170. The number of amides is 1. The van der Waals surface area contributed by atoms with Gasteiger partial charge in [-0.3, -0.25) is 4.79 Å². The fourth-order valence-electron chi connectivity index (χ4n) is 6.92. The van der Waals surface area contributed by atoms with Gasteiger partial charge in [-0.2, -0.15) is 0 Å². The molecule has 0 unspecified atom stereocenters. The van der Waals surface area contributed by atoms with Crippen LogP contribution >= 0.6 is 0 Å². The third-order valence-electron chi connectivity index (χ3n) is 8.69. The highest BCUT2D eigenvalue weighted by Gasteiger charge is 2.72. The van der Waals surface area contributed by atoms with E-state index in [1.54, 1.807) is 34.0 Å². The van der Waals surface area contributed by atoms with Crippen molar-refractivity contribution < 1.29 is 43.2 Å². The maximum absolute atomic E-state index is 13.4. The van der Waals surface area contributed by atoms with Crippen LogP contribution in [0.4, 0.5) is 4.79 Å². The molecule has 4 aliphatic rings. The van der Waals surface area contributed by atoms with Crippen molar-refractivity contribution in [2.24, 2.45) is 5.92 Å². The Hall–Kier alpha value is -3.31. The average molecular weight is 587 g/mol. The molecular weight excluding hydrogens is 544 g/mol. The number of likely N-dealkylation sites (N-methyl/N-ethyl adjacent to an activating group) is 1. The molecule has 2 heterocycles. The molecule has 5 rings (SSSR count). The van der Waals surface area contributed by atoms with Gasteiger partial charge in [0, 0.05) is 18.0 Å². The number of methoxy groups -OCH3 is 1. The summed E-state index contributed by atoms with van der Waals surface area (Å²) in [6, 6.07) is 2.43. The third-order valence-corrected chi connectivity index (χ3v) is 8.69. The van der Waals surface area contributed by atoms with Gasteiger partial charge in [0.1, 0.15) is 17.4 Å². The van der Waals surface area contributed by atoms with E-state index in [0.717, 1.165) is 17.7 Å². The summed E-state index contributed by atoms with van der Waals surface area (Å²) in [5.41, 5.74) is -0.789. The van der Waals surface area contributed by atoms with Gasteiger partial charge in [0.05, 0.1) is 31.2 Å². The molecule has 42 heavy (non-hydrogen) atoms. The normalized spacial score (nSPS) is 28.2. The zero-order chi connectivity index (χ0) is 30.6. The van der Waals surface area contributed by atoms with Gasteiger partial charge < -0.3 is 39.0 Å². The number of alkyl carbamates (subject to hydrolysis) is 1. The molecule has 1 amide bonds. The van der Waals surface area contributed by atoms with Crippen molar-refractivity contribution in [1.29, 1.82) is 0 Å². The van der Waals surface area contributed by atoms with Crippen molar-refractivity contribution in [2.45, 2.75) is 95.1 Å². The van der Waals surface area contributed by atoms with Gasteiger partial charge in [-0.15, -0.1) is 0 Å². The number of piperidine rings is 1. The summed E-state index contributed by atoms with van der Waals surface area (Å²) in [7, 11) is 3.59. The van der Waals surface area contributed by atoms with Crippen molar-refractivity contribution in [3.05, 3.63) is 35.1 Å². The first-order chi connectivity index (χ1) is 19.7. The van der Waals surface area contributed by atoms with E-state index in [1.807, 2.05) is 33.0 Å². The molecular formula is C31H42N2O9. The van der Waals surface area contributed by atoms with Crippen molar-refractivity contribution in [2.75, 3.05) is 27.3 Å². The number of aliphatic hydroxyl groups is 1. The van der Waals surface area contributed by atoms with Crippen LogP contribution in [0.5, 0.6) is 11.5 Å². The van der Waals surface area contributed by atoms with Crippen molar-refractivity contribution in [3.63, 3.8) is 0 Å². The number of rotatable bonds is 8. The number of benzene rings is 1. The number of carbonyl (C=O) groups is 3. The van der Waals surface area contributed by atoms with E-state index >= 15 is 0 Å². The summed E-state index contributed by atoms with van der Waals surface area (Å²) >= 11 is 0. The van der Waals surface area contributed by atoms with Crippen molar-refractivity contribution >= 4 is 18.0 Å². The maximum atomic E-state index is 13.4. The van der Waals surface area contributed by atoms with E-state index in [1.165, 1.54) is 0 Å². The van der Waals surface area contributed by atoms with Crippen LogP contribution in [0.25, 0.3) is 0 Å². The molecule has 0 saturated carbocycles. The molecule has 2 bridgehead atoms. The van der Waals surface area contributed by atoms with E-state index in [4.69, 9.17) is 23.7 Å². The van der Waals surface area contributed by atoms with Crippen LogP contribution in [0.3, 0.4) is 0 Å². The minimum atomic E-state index is -1.32. The SMILES string of the molecule is COc1ccc2c3c1O[C@H]1C(OC(=O)C[C@H](NC(=O)OC(C)(C)C)C(=O)OCC(C)C)=CC[C@@]4(O)[C@@H](C2)N(C)CC[C@]314. The van der Waals surface area contributed by atoms with Crippen molar-refractivity contribution in [3.8, 4) is 11.5 Å². The smallest absolute Gasteiger partial charge is 0.408 e. The molecule has 1 saturated heterocycles. The Kier molecular flexibility index (Phi) is 7.72. The molecule has 11 nitrogen and oxygen atoms in total. The number of hydrogen-bond acceptors (Lipinski definition) is 10. The molecule has 1 aromatic carbocycles. The first-order valence-corrected chi connectivity index (χ1v) is 14.6. The molecule has 0 aromatic heterocycles. The lowest BCUT2D eigenvalue weighted by atomic mass is 9.50. The summed E-state index contributed by atoms with van der Waals surface area (Å²) in [4.78, 5) is 41.0. The number of hydrogen-bond donors (Lipinski definition) is 2. The number of carbonyl (C=O) groups excluding carboxylic acids is 3. The Labute approximate surface area is 246 Å². The molecule has 11 heteroatoms. The fraction of sp³-hybridized carbons (Fsp3) is 0.645. The summed E-state index contributed by atoms with van der Waals surface area (Å²) in [5.74, 6) is -0.0698. The predicted octanol–water partition coefficient (Wildman–Crippen LogP) is 3.00. The second-order valence-corrected chi connectivity index (χ2v) is 13.2. The predicted molar refractivity (Wildman–Crippen MR) is 151 cm³/mol. The Morgan fingerprint density at radius 1 is 1.24 bits per heavy atom. The largest absolute Gasteiger partial charge is 0.493 e. The molecule has 1 aromatic rings. The van der Waals surface area contributed by atoms with E-state index in [-0.39, 0.29) is 30.7 Å². The lowest BCUT2D eigenvalue weighted by Gasteiger charge is -2.61. The minimum absolute atomic E-state index is 0.0605. The fourth-order valence-corrected chi connectivity index (χ4v) is 6.92. The summed E-state index contributed by atoms with van der Waals surface area (Å²) in [5, 5.41) is 14.8. The average Bonchev–Trinajstić information content (AvgIpc) is 3.25. The van der Waals surface area contributed by atoms with Crippen LogP contribution in [0.15, 0.2) is 24.0 Å². The molecule has 0 radical (unpaired) electrons. The topological polar surface area (TPSA) is 133 Å². The zero-order valence-corrected chi connectivity index (χ0v) is 25.4. The number of esters is 2. The number of ether oxygens (including phenoxy) is 5. The highest BCUT2D eigenvalue weighted by atomic mass is 16.6. The van der Waals surface area contributed by atoms with E-state index in [0.29, 0.717) is 24.3 Å². The minimum Gasteiger partial charge on any atom is -0.493 e. The van der Waals surface area contributed by atoms with Crippen LogP contribution < -0.4 is 14.8 Å². The second-order valence-electron chi connectivity index (χ2n) is 13.2. The van der Waals surface area contributed by atoms with Crippen LogP contribution in [0.1, 0.15) is 65.0 Å². The summed E-state index contributed by atoms with van der Waals surface area (Å²) in [6.45, 7) is 9.71. The molecule has 230 valence electrons. The van der Waals surface area contributed by atoms with Crippen LogP contribution in [0.2, 0.25) is 0 Å².